The van der Waals surface area contributed by atoms with Crippen LogP contribution in [0.15, 0.2) is 58.3 Å². The van der Waals surface area contributed by atoms with Crippen LogP contribution in [-0.2, 0) is 0 Å². The Morgan fingerprint density at radius 3 is 2.19 bits per heavy atom. The second-order valence-corrected chi connectivity index (χ2v) is 8.56. The van der Waals surface area contributed by atoms with Crippen LogP contribution in [0.5, 0.6) is 5.75 Å². The predicted octanol–water partition coefficient (Wildman–Crippen LogP) is 4.06. The van der Waals surface area contributed by atoms with Gasteiger partial charge in [-0.2, -0.15) is 0 Å². The maximum Gasteiger partial charge on any atom is 0.251 e. The smallest absolute Gasteiger partial charge is 0.251 e. The van der Waals surface area contributed by atoms with Gasteiger partial charge in [0.1, 0.15) is 5.75 Å². The molecule has 5 rings (SSSR count). The molecule has 1 amide bonds. The number of fused-ring (bicyclic) bond motifs is 3. The molecule has 0 radical (unpaired) electrons. The Labute approximate surface area is 165 Å². The second-order valence-electron chi connectivity index (χ2n) is 7.42. The number of nitrogens with zero attached hydrogens (tertiary/aromatic N) is 1. The maximum atomic E-state index is 12.7. The summed E-state index contributed by atoms with van der Waals surface area (Å²) in [5.41, 5.74) is 0.734. The van der Waals surface area contributed by atoms with Gasteiger partial charge < -0.3 is 10.1 Å². The monoisotopic (exact) mass is 382 g/mol. The minimum Gasteiger partial charge on any atom is -0.497 e. The first-order valence-electron chi connectivity index (χ1n) is 9.61. The Morgan fingerprint density at radius 1 is 1.04 bits per heavy atom. The highest BCUT2D eigenvalue weighted by Gasteiger charge is 2.40. The number of nitrogens with one attached hydrogen (secondary N) is 1. The Hall–Kier alpha value is -1.98. The van der Waals surface area contributed by atoms with Crippen molar-refractivity contribution in [3.05, 3.63) is 54.1 Å². The lowest BCUT2D eigenvalue weighted by molar-refractivity contribution is 0.0217. The number of benzene rings is 2. The van der Waals surface area contributed by atoms with Gasteiger partial charge in [0.05, 0.1) is 7.11 Å². The number of methoxy groups -OCH3 is 1. The highest BCUT2D eigenvalue weighted by atomic mass is 32.2. The molecule has 0 aromatic heterocycles. The minimum absolute atomic E-state index is 0.0431. The fraction of sp³-hybridized carbons (Fsp3) is 0.409. The second kappa shape index (κ2) is 7.95. The van der Waals surface area contributed by atoms with Crippen LogP contribution in [0.25, 0.3) is 0 Å². The van der Waals surface area contributed by atoms with E-state index >= 15 is 0 Å². The number of carbonyl (C=O) groups excluding carboxylic acids is 1. The molecule has 0 unspecified atom stereocenters. The number of rotatable bonds is 5. The summed E-state index contributed by atoms with van der Waals surface area (Å²) in [6.45, 7) is 4.59. The SMILES string of the molecule is COc1ccc(Sc2ccc(C(=O)N[C@@H]3C4CCN(CC4)[C@H]3C)cc2)cc1. The van der Waals surface area contributed by atoms with E-state index in [0.717, 1.165) is 21.1 Å². The first-order chi connectivity index (χ1) is 13.1. The number of piperidine rings is 3. The van der Waals surface area contributed by atoms with Crippen molar-refractivity contribution in [1.82, 2.24) is 10.2 Å². The van der Waals surface area contributed by atoms with E-state index in [4.69, 9.17) is 4.74 Å². The predicted molar refractivity (Wildman–Crippen MR) is 109 cm³/mol. The Balaban J connectivity index is 1.38. The summed E-state index contributed by atoms with van der Waals surface area (Å²) < 4.78 is 5.19. The molecule has 0 spiro atoms. The molecular weight excluding hydrogens is 356 g/mol. The lowest BCUT2D eigenvalue weighted by atomic mass is 9.79. The summed E-state index contributed by atoms with van der Waals surface area (Å²) in [5, 5.41) is 3.30. The van der Waals surface area contributed by atoms with Crippen LogP contribution < -0.4 is 10.1 Å². The fourth-order valence-corrected chi connectivity index (χ4v) is 5.05. The van der Waals surface area contributed by atoms with E-state index in [1.165, 1.54) is 25.9 Å². The maximum absolute atomic E-state index is 12.7. The van der Waals surface area contributed by atoms with E-state index in [2.05, 4.69) is 17.1 Å². The molecule has 4 nitrogen and oxygen atoms in total. The zero-order valence-electron chi connectivity index (χ0n) is 15.9. The summed E-state index contributed by atoms with van der Waals surface area (Å²) in [6, 6.07) is 16.6. The van der Waals surface area contributed by atoms with Gasteiger partial charge in [-0.15, -0.1) is 0 Å². The molecule has 3 heterocycles. The number of ether oxygens (including phenoxy) is 1. The van der Waals surface area contributed by atoms with Crippen LogP contribution in [0.4, 0.5) is 0 Å². The van der Waals surface area contributed by atoms with Crippen molar-refractivity contribution < 1.29 is 9.53 Å². The topological polar surface area (TPSA) is 41.6 Å². The molecule has 2 atom stereocenters. The molecule has 2 bridgehead atoms. The van der Waals surface area contributed by atoms with Crippen LogP contribution in [0.2, 0.25) is 0 Å². The summed E-state index contributed by atoms with van der Waals surface area (Å²) >= 11 is 1.68. The molecule has 0 saturated carbocycles. The summed E-state index contributed by atoms with van der Waals surface area (Å²) in [4.78, 5) is 17.5. The molecule has 2 aromatic carbocycles. The number of amides is 1. The molecule has 3 fully saturated rings. The molecule has 0 aliphatic carbocycles. The zero-order chi connectivity index (χ0) is 18.8. The number of hydrogen-bond donors (Lipinski definition) is 1. The minimum atomic E-state index is 0.0431. The molecule has 142 valence electrons. The summed E-state index contributed by atoms with van der Waals surface area (Å²) in [5.74, 6) is 1.52. The van der Waals surface area contributed by atoms with Crippen LogP contribution in [-0.4, -0.2) is 43.1 Å². The van der Waals surface area contributed by atoms with Gasteiger partial charge in [0, 0.05) is 27.4 Å². The van der Waals surface area contributed by atoms with Crippen LogP contribution in [0, 0.1) is 5.92 Å². The molecule has 3 saturated heterocycles. The lowest BCUT2D eigenvalue weighted by Gasteiger charge is -2.49. The molecule has 1 N–H and O–H groups in total. The van der Waals surface area contributed by atoms with Gasteiger partial charge in [0.2, 0.25) is 0 Å². The van der Waals surface area contributed by atoms with Crippen molar-refractivity contribution in [3.8, 4) is 5.75 Å². The molecule has 3 aliphatic rings. The van der Waals surface area contributed by atoms with Crippen molar-refractivity contribution in [2.24, 2.45) is 5.92 Å². The van der Waals surface area contributed by atoms with Crippen LogP contribution in [0.3, 0.4) is 0 Å². The first-order valence-corrected chi connectivity index (χ1v) is 10.4. The molecule has 3 aliphatic heterocycles. The van der Waals surface area contributed by atoms with Gasteiger partial charge in [-0.3, -0.25) is 9.69 Å². The first kappa shape index (κ1) is 18.4. The van der Waals surface area contributed by atoms with E-state index in [1.807, 2.05) is 48.5 Å². The third-order valence-corrected chi connectivity index (χ3v) is 6.90. The molecule has 5 heteroatoms. The molecule has 2 aromatic rings. The average molecular weight is 383 g/mol. The van der Waals surface area contributed by atoms with Gasteiger partial charge in [-0.1, -0.05) is 11.8 Å². The number of hydrogen-bond acceptors (Lipinski definition) is 4. The van der Waals surface area contributed by atoms with Gasteiger partial charge in [-0.05, 0) is 87.3 Å². The number of carbonyl (C=O) groups is 1. The van der Waals surface area contributed by atoms with E-state index in [0.29, 0.717) is 12.0 Å². The van der Waals surface area contributed by atoms with Crippen molar-refractivity contribution in [2.75, 3.05) is 20.2 Å². The normalized spacial score (nSPS) is 26.6. The third-order valence-electron chi connectivity index (χ3n) is 5.89. The van der Waals surface area contributed by atoms with Crippen molar-refractivity contribution in [1.29, 1.82) is 0 Å². The summed E-state index contributed by atoms with van der Waals surface area (Å²) in [7, 11) is 1.67. The average Bonchev–Trinajstić information content (AvgIpc) is 2.72. The van der Waals surface area contributed by atoms with E-state index in [-0.39, 0.29) is 11.9 Å². The van der Waals surface area contributed by atoms with E-state index in [1.54, 1.807) is 18.9 Å². The summed E-state index contributed by atoms with van der Waals surface area (Å²) in [6.07, 6.45) is 2.40. The Kier molecular flexibility index (Phi) is 5.41. The quantitative estimate of drug-likeness (QED) is 0.847. The van der Waals surface area contributed by atoms with Crippen molar-refractivity contribution >= 4 is 17.7 Å². The largest absolute Gasteiger partial charge is 0.497 e. The highest BCUT2D eigenvalue weighted by molar-refractivity contribution is 7.99. The Bertz CT molecular complexity index is 781. The Morgan fingerprint density at radius 2 is 1.63 bits per heavy atom. The lowest BCUT2D eigenvalue weighted by Crippen LogP contribution is -2.62. The third kappa shape index (κ3) is 3.99. The van der Waals surface area contributed by atoms with Crippen LogP contribution >= 0.6 is 11.8 Å². The van der Waals surface area contributed by atoms with Crippen molar-refractivity contribution in [2.45, 2.75) is 41.6 Å². The van der Waals surface area contributed by atoms with Gasteiger partial charge in [-0.25, -0.2) is 0 Å². The highest BCUT2D eigenvalue weighted by Crippen LogP contribution is 2.32. The van der Waals surface area contributed by atoms with Crippen LogP contribution in [0.1, 0.15) is 30.1 Å². The van der Waals surface area contributed by atoms with Gasteiger partial charge >= 0.3 is 0 Å². The fourth-order valence-electron chi connectivity index (χ4n) is 4.23. The van der Waals surface area contributed by atoms with Gasteiger partial charge in [0.15, 0.2) is 0 Å². The zero-order valence-corrected chi connectivity index (χ0v) is 16.7. The molecular formula is C22H26N2O2S. The van der Waals surface area contributed by atoms with E-state index in [9.17, 15) is 4.79 Å². The molecule has 27 heavy (non-hydrogen) atoms. The van der Waals surface area contributed by atoms with E-state index < -0.39 is 0 Å². The van der Waals surface area contributed by atoms with Crippen molar-refractivity contribution in [3.63, 3.8) is 0 Å². The standard InChI is InChI=1S/C22H26N2O2S/c1-15-21(16-11-13-24(15)14-12-16)23-22(25)17-3-7-19(8-4-17)27-20-9-5-18(26-2)6-10-20/h3-10,15-16,21H,11-14H2,1-2H3,(H,23,25)/t15-,21-/m0/s1. The van der Waals surface area contributed by atoms with Gasteiger partial charge in [0.25, 0.3) is 5.91 Å².